The second-order valence-electron chi connectivity index (χ2n) is 9.62. The largest absolute Gasteiger partial charge is 0.465 e. The number of nitrogens with one attached hydrogen (secondary N) is 2. The van der Waals surface area contributed by atoms with Crippen molar-refractivity contribution in [2.75, 3.05) is 37.5 Å². The van der Waals surface area contributed by atoms with Crippen LogP contribution >= 0.6 is 0 Å². The van der Waals surface area contributed by atoms with E-state index in [9.17, 15) is 14.4 Å². The van der Waals surface area contributed by atoms with E-state index in [-0.39, 0.29) is 25.1 Å². The Morgan fingerprint density at radius 3 is 2.26 bits per heavy atom. The van der Waals surface area contributed by atoms with Crippen molar-refractivity contribution < 1.29 is 19.1 Å². The third-order valence-corrected chi connectivity index (χ3v) is 5.51. The molecule has 0 aliphatic rings. The zero-order chi connectivity index (χ0) is 26.2. The van der Waals surface area contributed by atoms with Gasteiger partial charge in [-0.25, -0.2) is 4.79 Å². The van der Waals surface area contributed by atoms with Crippen molar-refractivity contribution >= 4 is 29.3 Å². The second kappa shape index (κ2) is 12.2. The van der Waals surface area contributed by atoms with Gasteiger partial charge in [0.25, 0.3) is 0 Å². The lowest BCUT2D eigenvalue weighted by Crippen LogP contribution is -2.41. The summed E-state index contributed by atoms with van der Waals surface area (Å²) in [6.45, 7) is 9.88. The Balaban J connectivity index is 2.34. The van der Waals surface area contributed by atoms with Crippen molar-refractivity contribution in [2.24, 2.45) is 5.41 Å². The predicted octanol–water partition coefficient (Wildman–Crippen LogP) is 4.57. The van der Waals surface area contributed by atoms with Crippen molar-refractivity contribution in [1.29, 1.82) is 0 Å². The van der Waals surface area contributed by atoms with Gasteiger partial charge in [-0.05, 0) is 43.2 Å². The number of amides is 3. The van der Waals surface area contributed by atoms with Gasteiger partial charge >= 0.3 is 12.0 Å². The fraction of sp³-hybridized carbons (Fsp3) is 0.444. The molecule has 0 fully saturated rings. The first kappa shape index (κ1) is 27.7. The number of carbonyl (C=O) groups excluding carboxylic acids is 3. The first-order valence-corrected chi connectivity index (χ1v) is 11.8. The van der Waals surface area contributed by atoms with Crippen LogP contribution in [-0.4, -0.2) is 50.1 Å². The predicted molar refractivity (Wildman–Crippen MR) is 139 cm³/mol. The van der Waals surface area contributed by atoms with Crippen molar-refractivity contribution in [3.63, 3.8) is 0 Å². The first-order valence-electron chi connectivity index (χ1n) is 11.8. The van der Waals surface area contributed by atoms with Gasteiger partial charge in [-0.15, -0.1) is 0 Å². The molecule has 0 aliphatic carbocycles. The molecule has 2 rings (SSSR count). The van der Waals surface area contributed by atoms with Gasteiger partial charge in [0.2, 0.25) is 5.91 Å². The molecule has 0 saturated heterocycles. The van der Waals surface area contributed by atoms with Gasteiger partial charge in [0.15, 0.2) is 0 Å². The molecule has 2 aromatic carbocycles. The number of hydrogen-bond acceptors (Lipinski definition) is 5. The standard InChI is InChI=1S/C27H38N4O4/c1-8-35-24(32)17-28-26(34)29-22-14-15-23(30(6)7)21(16-22)18-31(25(33)27(3,4)5)19(2)20-12-10-9-11-13-20/h9-16,19H,8,17-18H2,1-7H3,(H2,28,29,34)/t19-/m1/s1. The Morgan fingerprint density at radius 2 is 1.69 bits per heavy atom. The van der Waals surface area contributed by atoms with Gasteiger partial charge in [-0.1, -0.05) is 51.1 Å². The highest BCUT2D eigenvalue weighted by atomic mass is 16.5. The van der Waals surface area contributed by atoms with E-state index < -0.39 is 17.4 Å². The fourth-order valence-electron chi connectivity index (χ4n) is 3.68. The van der Waals surface area contributed by atoms with E-state index in [0.717, 1.165) is 16.8 Å². The molecule has 3 amide bonds. The highest BCUT2D eigenvalue weighted by Crippen LogP contribution is 2.32. The zero-order valence-electron chi connectivity index (χ0n) is 21.8. The van der Waals surface area contributed by atoms with Gasteiger partial charge in [-0.2, -0.15) is 0 Å². The Hall–Kier alpha value is -3.55. The number of ether oxygens (including phenoxy) is 1. The highest BCUT2D eigenvalue weighted by molar-refractivity contribution is 5.92. The topological polar surface area (TPSA) is 91.0 Å². The lowest BCUT2D eigenvalue weighted by atomic mass is 9.92. The van der Waals surface area contributed by atoms with Crippen molar-refractivity contribution in [3.8, 4) is 0 Å². The summed E-state index contributed by atoms with van der Waals surface area (Å²) in [4.78, 5) is 41.2. The molecule has 0 radical (unpaired) electrons. The van der Waals surface area contributed by atoms with Gasteiger partial charge in [0.05, 0.1) is 12.6 Å². The van der Waals surface area contributed by atoms with Crippen molar-refractivity contribution in [3.05, 3.63) is 59.7 Å². The van der Waals surface area contributed by atoms with Crippen LogP contribution in [0.25, 0.3) is 0 Å². The quantitative estimate of drug-likeness (QED) is 0.511. The Morgan fingerprint density at radius 1 is 1.03 bits per heavy atom. The van der Waals surface area contributed by atoms with E-state index >= 15 is 0 Å². The normalized spacial score (nSPS) is 11.9. The number of urea groups is 1. The van der Waals surface area contributed by atoms with E-state index in [2.05, 4.69) is 10.6 Å². The molecule has 190 valence electrons. The molecule has 8 nitrogen and oxygen atoms in total. The zero-order valence-corrected chi connectivity index (χ0v) is 21.8. The molecule has 0 saturated carbocycles. The number of esters is 1. The summed E-state index contributed by atoms with van der Waals surface area (Å²) < 4.78 is 4.83. The molecule has 0 aromatic heterocycles. The van der Waals surface area contributed by atoms with Crippen molar-refractivity contribution in [1.82, 2.24) is 10.2 Å². The first-order chi connectivity index (χ1) is 16.4. The Bertz CT molecular complexity index is 1020. The SMILES string of the molecule is CCOC(=O)CNC(=O)Nc1ccc(N(C)C)c(CN(C(=O)C(C)(C)C)[C@H](C)c2ccccc2)c1. The number of hydrogen-bond donors (Lipinski definition) is 2. The number of rotatable bonds is 9. The smallest absolute Gasteiger partial charge is 0.325 e. The summed E-state index contributed by atoms with van der Waals surface area (Å²) >= 11 is 0. The van der Waals surface area contributed by atoms with Crippen LogP contribution in [0, 0.1) is 5.41 Å². The van der Waals surface area contributed by atoms with Gasteiger partial charge < -0.3 is 25.2 Å². The molecule has 0 unspecified atom stereocenters. The molecule has 0 spiro atoms. The molecule has 0 heterocycles. The number of anilines is 2. The van der Waals surface area contributed by atoms with E-state index in [4.69, 9.17) is 4.74 Å². The third kappa shape index (κ3) is 8.02. The minimum absolute atomic E-state index is 0.0316. The summed E-state index contributed by atoms with van der Waals surface area (Å²) in [6, 6.07) is 14.8. The molecule has 0 bridgehead atoms. The molecular weight excluding hydrogens is 444 g/mol. The van der Waals surface area contributed by atoms with Crippen LogP contribution in [-0.2, 0) is 20.9 Å². The summed E-state index contributed by atoms with van der Waals surface area (Å²) in [5, 5.41) is 5.25. The number of benzene rings is 2. The maximum Gasteiger partial charge on any atom is 0.325 e. The van der Waals surface area contributed by atoms with Crippen LogP contribution in [0.15, 0.2) is 48.5 Å². The molecule has 1 atom stereocenters. The summed E-state index contributed by atoms with van der Waals surface area (Å²) in [6.07, 6.45) is 0. The molecule has 2 aromatic rings. The number of carbonyl (C=O) groups is 3. The van der Waals surface area contributed by atoms with Crippen LogP contribution in [0.4, 0.5) is 16.2 Å². The van der Waals surface area contributed by atoms with Crippen LogP contribution in [0.5, 0.6) is 0 Å². The molecule has 0 aliphatic heterocycles. The maximum atomic E-state index is 13.5. The van der Waals surface area contributed by atoms with E-state index in [0.29, 0.717) is 12.2 Å². The van der Waals surface area contributed by atoms with Crippen LogP contribution < -0.4 is 15.5 Å². The second-order valence-corrected chi connectivity index (χ2v) is 9.62. The molecule has 8 heteroatoms. The Labute approximate surface area is 208 Å². The molecule has 35 heavy (non-hydrogen) atoms. The van der Waals surface area contributed by atoms with E-state index in [1.165, 1.54) is 0 Å². The summed E-state index contributed by atoms with van der Waals surface area (Å²) in [5.41, 5.74) is 2.86. The summed E-state index contributed by atoms with van der Waals surface area (Å²) in [7, 11) is 3.88. The molecule has 2 N–H and O–H groups in total. The maximum absolute atomic E-state index is 13.5. The van der Waals surface area contributed by atoms with Gasteiger partial charge in [0, 0.05) is 37.4 Å². The van der Waals surface area contributed by atoms with Crippen LogP contribution in [0.2, 0.25) is 0 Å². The highest BCUT2D eigenvalue weighted by Gasteiger charge is 2.31. The van der Waals surface area contributed by atoms with E-state index in [1.807, 2.05) is 94.1 Å². The van der Waals surface area contributed by atoms with Crippen LogP contribution in [0.3, 0.4) is 0 Å². The van der Waals surface area contributed by atoms with E-state index in [1.54, 1.807) is 13.0 Å². The van der Waals surface area contributed by atoms with Crippen LogP contribution in [0.1, 0.15) is 51.8 Å². The number of nitrogens with zero attached hydrogens (tertiary/aromatic N) is 2. The lowest BCUT2D eigenvalue weighted by Gasteiger charge is -2.35. The Kier molecular flexibility index (Phi) is 9.68. The average molecular weight is 483 g/mol. The minimum Gasteiger partial charge on any atom is -0.465 e. The third-order valence-electron chi connectivity index (χ3n) is 5.51. The fourth-order valence-corrected chi connectivity index (χ4v) is 3.68. The average Bonchev–Trinajstić information content (AvgIpc) is 2.80. The monoisotopic (exact) mass is 482 g/mol. The summed E-state index contributed by atoms with van der Waals surface area (Å²) in [5.74, 6) is -0.471. The molecular formula is C27H38N4O4. The van der Waals surface area contributed by atoms with Gasteiger partial charge in [0.1, 0.15) is 6.54 Å². The van der Waals surface area contributed by atoms with Gasteiger partial charge in [-0.3, -0.25) is 9.59 Å². The lowest BCUT2D eigenvalue weighted by molar-refractivity contribution is -0.143. The minimum atomic E-state index is -0.565. The van der Waals surface area contributed by atoms with Crippen molar-refractivity contribution in [2.45, 2.75) is 47.2 Å².